The highest BCUT2D eigenvalue weighted by Crippen LogP contribution is 2.30. The van der Waals surface area contributed by atoms with Crippen LogP contribution in [0.2, 0.25) is 0 Å². The third-order valence-corrected chi connectivity index (χ3v) is 4.97. The summed E-state index contributed by atoms with van der Waals surface area (Å²) in [6.45, 7) is 8.13. The van der Waals surface area contributed by atoms with Gasteiger partial charge in [0.2, 0.25) is 0 Å². The van der Waals surface area contributed by atoms with Crippen LogP contribution in [-0.4, -0.2) is 29.3 Å². The molecule has 1 aromatic carbocycles. The third-order valence-electron chi connectivity index (χ3n) is 4.97. The van der Waals surface area contributed by atoms with Crippen molar-refractivity contribution >= 4 is 17.6 Å². The van der Waals surface area contributed by atoms with Crippen molar-refractivity contribution < 1.29 is 13.9 Å². The minimum atomic E-state index is -0.304. The number of allylic oxidation sites excluding steroid dienone is 3. The maximum atomic E-state index is 13.3. The summed E-state index contributed by atoms with van der Waals surface area (Å²) < 4.78 is 20.1. The van der Waals surface area contributed by atoms with E-state index in [1.165, 1.54) is 17.7 Å². The topological polar surface area (TPSA) is 56.2 Å². The van der Waals surface area contributed by atoms with E-state index in [0.717, 1.165) is 28.9 Å². The van der Waals surface area contributed by atoms with E-state index in [1.54, 1.807) is 36.2 Å². The molecule has 5 nitrogen and oxygen atoms in total. The number of halogens is 1. The van der Waals surface area contributed by atoms with Crippen LogP contribution in [0.25, 0.3) is 17.3 Å². The molecule has 156 valence electrons. The number of methoxy groups -OCH3 is 1. The molecule has 0 fully saturated rings. The lowest BCUT2D eigenvalue weighted by atomic mass is 10.1. The van der Waals surface area contributed by atoms with Crippen LogP contribution in [0.3, 0.4) is 0 Å². The molecule has 0 saturated heterocycles. The molecular formula is C24H26FN3O2. The molecule has 1 aliphatic carbocycles. The Balaban J connectivity index is 1.91. The first-order valence-electron chi connectivity index (χ1n) is 9.85. The highest BCUT2D eigenvalue weighted by molar-refractivity contribution is 6.20. The minimum absolute atomic E-state index is 0.170. The lowest BCUT2D eigenvalue weighted by Gasteiger charge is -2.10. The van der Waals surface area contributed by atoms with Gasteiger partial charge in [-0.3, -0.25) is 4.79 Å². The number of nitrogens with zero attached hydrogens (tertiary/aromatic N) is 2. The third kappa shape index (κ3) is 4.76. The molecular weight excluding hydrogens is 381 g/mol. The van der Waals surface area contributed by atoms with Crippen LogP contribution < -0.4 is 5.32 Å². The van der Waals surface area contributed by atoms with Crippen LogP contribution in [0.15, 0.2) is 66.1 Å². The Morgan fingerprint density at radius 2 is 2.10 bits per heavy atom. The summed E-state index contributed by atoms with van der Waals surface area (Å²) in [6, 6.07) is 6.15. The maximum Gasteiger partial charge on any atom is 0.251 e. The number of carbonyl (C=O) groups is 1. The number of amides is 1. The second-order valence-corrected chi connectivity index (χ2v) is 7.15. The SMILES string of the molecule is C=C(C=C(C)CNC(=O)C1=CCC(CC)=Cc2c1cnn2-c1ccc(F)cc1)OC. The number of aromatic nitrogens is 2. The number of rotatable bonds is 7. The van der Waals surface area contributed by atoms with E-state index < -0.39 is 0 Å². The monoisotopic (exact) mass is 407 g/mol. The van der Waals surface area contributed by atoms with E-state index in [9.17, 15) is 9.18 Å². The Bertz CT molecular complexity index is 1040. The van der Waals surface area contributed by atoms with Crippen LogP contribution in [0.4, 0.5) is 4.39 Å². The number of nitrogens with one attached hydrogen (secondary N) is 1. The van der Waals surface area contributed by atoms with Crippen molar-refractivity contribution in [1.82, 2.24) is 15.1 Å². The molecule has 6 heteroatoms. The first-order valence-corrected chi connectivity index (χ1v) is 9.85. The zero-order chi connectivity index (χ0) is 21.7. The van der Waals surface area contributed by atoms with Crippen molar-refractivity contribution in [2.75, 3.05) is 13.7 Å². The number of carbonyl (C=O) groups excluding carboxylic acids is 1. The minimum Gasteiger partial charge on any atom is -0.497 e. The quantitative estimate of drug-likeness (QED) is 0.529. The molecule has 1 aliphatic rings. The van der Waals surface area contributed by atoms with Crippen molar-refractivity contribution in [1.29, 1.82) is 0 Å². The van der Waals surface area contributed by atoms with E-state index in [0.29, 0.717) is 24.3 Å². The zero-order valence-corrected chi connectivity index (χ0v) is 17.5. The van der Waals surface area contributed by atoms with Gasteiger partial charge >= 0.3 is 0 Å². The summed E-state index contributed by atoms with van der Waals surface area (Å²) in [6.07, 6.45) is 9.04. The normalized spacial score (nSPS) is 13.7. The summed E-state index contributed by atoms with van der Waals surface area (Å²) in [5.74, 6) is 0.0628. The van der Waals surface area contributed by atoms with E-state index >= 15 is 0 Å². The van der Waals surface area contributed by atoms with Crippen molar-refractivity contribution in [3.63, 3.8) is 0 Å². The Hall–Kier alpha value is -3.41. The summed E-state index contributed by atoms with van der Waals surface area (Å²) in [7, 11) is 1.56. The van der Waals surface area contributed by atoms with Gasteiger partial charge in [-0.1, -0.05) is 30.7 Å². The highest BCUT2D eigenvalue weighted by atomic mass is 19.1. The fourth-order valence-corrected chi connectivity index (χ4v) is 3.25. The molecule has 3 rings (SSSR count). The molecule has 1 N–H and O–H groups in total. The van der Waals surface area contributed by atoms with Crippen molar-refractivity contribution in [2.45, 2.75) is 26.7 Å². The second-order valence-electron chi connectivity index (χ2n) is 7.15. The van der Waals surface area contributed by atoms with Gasteiger partial charge in [0.25, 0.3) is 5.91 Å². The van der Waals surface area contributed by atoms with Crippen LogP contribution in [0.5, 0.6) is 0 Å². The van der Waals surface area contributed by atoms with Gasteiger partial charge in [-0.25, -0.2) is 9.07 Å². The number of hydrogen-bond acceptors (Lipinski definition) is 3. The molecule has 0 bridgehead atoms. The van der Waals surface area contributed by atoms with Crippen molar-refractivity contribution in [2.24, 2.45) is 0 Å². The van der Waals surface area contributed by atoms with Gasteiger partial charge in [-0.15, -0.1) is 0 Å². The van der Waals surface area contributed by atoms with Crippen molar-refractivity contribution in [3.8, 4) is 5.69 Å². The summed E-state index contributed by atoms with van der Waals surface area (Å²) in [5, 5.41) is 7.43. The Morgan fingerprint density at radius 1 is 1.37 bits per heavy atom. The molecule has 2 aromatic rings. The first-order chi connectivity index (χ1) is 14.4. The zero-order valence-electron chi connectivity index (χ0n) is 17.5. The van der Waals surface area contributed by atoms with E-state index in [1.807, 2.05) is 13.0 Å². The number of hydrogen-bond donors (Lipinski definition) is 1. The first kappa shape index (κ1) is 21.3. The predicted molar refractivity (Wildman–Crippen MR) is 117 cm³/mol. The van der Waals surface area contributed by atoms with Crippen LogP contribution >= 0.6 is 0 Å². The van der Waals surface area contributed by atoms with Gasteiger partial charge < -0.3 is 10.1 Å². The van der Waals surface area contributed by atoms with Gasteiger partial charge in [0.05, 0.1) is 24.7 Å². The van der Waals surface area contributed by atoms with Crippen LogP contribution in [-0.2, 0) is 9.53 Å². The van der Waals surface area contributed by atoms with Gasteiger partial charge in [-0.05, 0) is 56.2 Å². The van der Waals surface area contributed by atoms with Crippen LogP contribution in [0.1, 0.15) is 37.9 Å². The molecule has 1 amide bonds. The Morgan fingerprint density at radius 3 is 2.77 bits per heavy atom. The molecule has 0 aliphatic heterocycles. The average Bonchev–Trinajstić information content (AvgIpc) is 3.05. The lowest BCUT2D eigenvalue weighted by Crippen LogP contribution is -2.26. The van der Waals surface area contributed by atoms with Gasteiger partial charge in [0.15, 0.2) is 0 Å². The predicted octanol–water partition coefficient (Wildman–Crippen LogP) is 4.81. The van der Waals surface area contributed by atoms with Crippen molar-refractivity contribution in [3.05, 3.63) is 83.2 Å². The van der Waals surface area contributed by atoms with Gasteiger partial charge in [-0.2, -0.15) is 5.10 Å². The second kappa shape index (κ2) is 9.39. The maximum absolute atomic E-state index is 13.3. The van der Waals surface area contributed by atoms with E-state index in [4.69, 9.17) is 4.74 Å². The fraction of sp³-hybridized carbons (Fsp3) is 0.250. The molecule has 0 unspecified atom stereocenters. The summed E-state index contributed by atoms with van der Waals surface area (Å²) >= 11 is 0. The van der Waals surface area contributed by atoms with Crippen LogP contribution in [0, 0.1) is 5.82 Å². The van der Waals surface area contributed by atoms with E-state index in [2.05, 4.69) is 30.0 Å². The smallest absolute Gasteiger partial charge is 0.251 e. The summed E-state index contributed by atoms with van der Waals surface area (Å²) in [5.41, 5.74) is 5.01. The molecule has 0 radical (unpaired) electrons. The average molecular weight is 407 g/mol. The molecule has 1 heterocycles. The Labute approximate surface area is 176 Å². The van der Waals surface area contributed by atoms with Gasteiger partial charge in [0, 0.05) is 17.7 Å². The number of fused-ring (bicyclic) bond motifs is 1. The number of benzene rings is 1. The molecule has 1 aromatic heterocycles. The largest absolute Gasteiger partial charge is 0.497 e. The van der Waals surface area contributed by atoms with E-state index in [-0.39, 0.29) is 11.7 Å². The molecule has 0 spiro atoms. The Kier molecular flexibility index (Phi) is 6.67. The summed E-state index contributed by atoms with van der Waals surface area (Å²) in [4.78, 5) is 13.0. The molecule has 0 atom stereocenters. The molecule has 0 saturated carbocycles. The molecule has 30 heavy (non-hydrogen) atoms. The fourth-order valence-electron chi connectivity index (χ4n) is 3.25. The lowest BCUT2D eigenvalue weighted by molar-refractivity contribution is -0.115. The van der Waals surface area contributed by atoms with Gasteiger partial charge in [0.1, 0.15) is 11.6 Å². The standard InChI is InChI=1S/C24H26FN3O2/c1-5-18-6-11-21(24(29)26-14-16(2)12-17(3)30-4)22-15-27-28(23(22)13-18)20-9-7-19(25)8-10-20/h7-13,15H,3,5-6,14H2,1-2,4H3,(H,26,29). The highest BCUT2D eigenvalue weighted by Gasteiger charge is 2.22. The number of ether oxygens (including phenoxy) is 1.